The van der Waals surface area contributed by atoms with Crippen LogP contribution in [-0.4, -0.2) is 147 Å². The number of ether oxygens (including phenoxy) is 3. The van der Waals surface area contributed by atoms with E-state index in [2.05, 4.69) is 25.1 Å². The lowest BCUT2D eigenvalue weighted by molar-refractivity contribution is -0.283. The highest BCUT2D eigenvalue weighted by Crippen LogP contribution is 2.35. The van der Waals surface area contributed by atoms with Crippen LogP contribution in [0.4, 0.5) is 0 Å². The van der Waals surface area contributed by atoms with E-state index in [1.165, 1.54) is 0 Å². The quantitative estimate of drug-likeness (QED) is 0.0753. The molecule has 0 bridgehead atoms. The van der Waals surface area contributed by atoms with Gasteiger partial charge in [0.15, 0.2) is 12.4 Å². The second-order valence-electron chi connectivity index (χ2n) is 8.35. The van der Waals surface area contributed by atoms with Gasteiger partial charge in [0.05, 0.1) is 25.9 Å². The van der Waals surface area contributed by atoms with Gasteiger partial charge in [-0.2, -0.15) is 50.5 Å². The van der Waals surface area contributed by atoms with Gasteiger partial charge in [0.25, 0.3) is 0 Å². The van der Waals surface area contributed by atoms with E-state index in [0.29, 0.717) is 0 Å². The molecule has 8 atom stereocenters. The van der Waals surface area contributed by atoms with E-state index in [4.69, 9.17) is 32.4 Å². The number of hydrogen-bond acceptors (Lipinski definition) is 21. The second-order valence-corrected chi connectivity index (χ2v) is 14.8. The van der Waals surface area contributed by atoms with Crippen molar-refractivity contribution < 1.29 is 117 Å². The third-order valence-electron chi connectivity index (χ3n) is 5.03. The fourth-order valence-corrected chi connectivity index (χ4v) is 6.17. The Balaban J connectivity index is 2.64. The Morgan fingerprint density at radius 3 is 1.31 bits per heavy atom. The van der Waals surface area contributed by atoms with Gasteiger partial charge in [0.1, 0.15) is 30.5 Å². The predicted octanol–water partition coefficient (Wildman–Crippen LogP) is -4.72. The van der Waals surface area contributed by atoms with Crippen LogP contribution >= 0.6 is 0 Å². The van der Waals surface area contributed by atoms with Crippen molar-refractivity contribution >= 4 is 62.4 Å². The van der Waals surface area contributed by atoms with Crippen LogP contribution in [0.1, 0.15) is 6.42 Å². The number of rotatable bonds is 17. The summed E-state index contributed by atoms with van der Waals surface area (Å²) in [6, 6.07) is 0. The lowest BCUT2D eigenvalue weighted by Gasteiger charge is -2.40. The van der Waals surface area contributed by atoms with E-state index in [-0.39, 0.29) is 0 Å². The SMILES string of the molecule is O=S(=O)(O)OC[C@H]1C[C@H](OS(=O)(=O)O)[C@@H](OS(=O)(=O)O)[C@H](O[C@H]2[C@H](OS(=O)(=O)O)[C@@H](COS(=O)(=O)O)O[C@@H]2COS(=O)(=O)O)O1. The Morgan fingerprint density at radius 1 is 0.489 bits per heavy atom. The normalized spacial score (nSPS) is 30.8. The van der Waals surface area contributed by atoms with Crippen molar-refractivity contribution in [3.05, 3.63) is 0 Å². The lowest BCUT2D eigenvalue weighted by Crippen LogP contribution is -2.56. The summed E-state index contributed by atoms with van der Waals surface area (Å²) in [6.07, 6.45) is -19.6. The first-order valence-electron chi connectivity index (χ1n) is 10.8. The fraction of sp³-hybridized carbons (Fsp3) is 1.00. The molecule has 2 rings (SSSR count). The Hall–Kier alpha value is -0.900. The topological polar surface area (TPSA) is 409 Å². The van der Waals surface area contributed by atoms with Crippen LogP contribution in [-0.2, 0) is 102 Å². The van der Waals surface area contributed by atoms with Crippen molar-refractivity contribution in [1.82, 2.24) is 0 Å². The average Bonchev–Trinajstić information content (AvgIpc) is 3.08. The summed E-state index contributed by atoms with van der Waals surface area (Å²) in [5.74, 6) is 0. The van der Waals surface area contributed by atoms with Crippen molar-refractivity contribution in [1.29, 1.82) is 0 Å². The van der Waals surface area contributed by atoms with Gasteiger partial charge in [-0.1, -0.05) is 0 Å². The van der Waals surface area contributed by atoms with Gasteiger partial charge in [-0.25, -0.2) is 25.1 Å². The molecular weight excluding hydrogens is 769 g/mol. The van der Waals surface area contributed by atoms with Crippen molar-refractivity contribution in [2.45, 2.75) is 55.4 Å². The van der Waals surface area contributed by atoms with Crippen LogP contribution in [0.15, 0.2) is 0 Å². The van der Waals surface area contributed by atoms with E-state index in [1.807, 2.05) is 0 Å². The molecule has 0 spiro atoms. The molecule has 6 N–H and O–H groups in total. The first kappa shape index (κ1) is 40.3. The summed E-state index contributed by atoms with van der Waals surface area (Å²) in [7, 11) is -32.9. The van der Waals surface area contributed by atoms with Crippen LogP contribution in [0.5, 0.6) is 0 Å². The van der Waals surface area contributed by atoms with Gasteiger partial charge in [-0.05, 0) is 0 Å². The molecule has 0 aromatic rings. The van der Waals surface area contributed by atoms with E-state index in [0.717, 1.165) is 0 Å². The van der Waals surface area contributed by atoms with Gasteiger partial charge in [-0.3, -0.25) is 27.3 Å². The molecule has 2 fully saturated rings. The van der Waals surface area contributed by atoms with Crippen LogP contribution < -0.4 is 0 Å². The molecule has 0 unspecified atom stereocenters. The fourth-order valence-electron chi connectivity index (χ4n) is 3.72. The highest BCUT2D eigenvalue weighted by molar-refractivity contribution is 7.82. The van der Waals surface area contributed by atoms with Gasteiger partial charge < -0.3 is 14.2 Å². The molecule has 2 saturated heterocycles. The van der Waals surface area contributed by atoms with Gasteiger partial charge >= 0.3 is 62.4 Å². The smallest absolute Gasteiger partial charge is 0.364 e. The van der Waals surface area contributed by atoms with Gasteiger partial charge in [-0.15, -0.1) is 0 Å². The van der Waals surface area contributed by atoms with Crippen LogP contribution in [0, 0.1) is 0 Å². The van der Waals surface area contributed by atoms with Gasteiger partial charge in [0, 0.05) is 6.42 Å². The standard InChI is InChI=1S/C12H22O27S6/c13-40(14,15)31-2-5-1-6(37-43(22,23)24)11(39-45(28,29)30)12(34-5)36-9-7(3-32-41(16,17)18)35-8(4-33-42(19,20)21)10(9)38-44(25,26)27/h5-12H,1-4H2,(H,13,14,15)(H,16,17,18)(H,19,20,21)(H,22,23,24)(H,25,26,27)(H,28,29,30)/t5-,6+,7-,8-,9-,10-,11-,12+/m1/s1. The van der Waals surface area contributed by atoms with Crippen molar-refractivity contribution in [2.75, 3.05) is 19.8 Å². The second kappa shape index (κ2) is 14.7. The molecule has 2 aliphatic heterocycles. The molecule has 2 heterocycles. The summed E-state index contributed by atoms with van der Waals surface area (Å²) in [5, 5.41) is 0. The van der Waals surface area contributed by atoms with E-state index in [1.54, 1.807) is 0 Å². The maximum absolute atomic E-state index is 11.6. The highest BCUT2D eigenvalue weighted by atomic mass is 32.3. The zero-order chi connectivity index (χ0) is 34.8. The first-order valence-corrected chi connectivity index (χ1v) is 19.0. The minimum atomic E-state index is -5.69. The van der Waals surface area contributed by atoms with Crippen molar-refractivity contribution in [3.63, 3.8) is 0 Å². The maximum atomic E-state index is 11.6. The lowest BCUT2D eigenvalue weighted by atomic mass is 10.0. The summed E-state index contributed by atoms with van der Waals surface area (Å²) >= 11 is 0. The third kappa shape index (κ3) is 15.7. The molecule has 0 aromatic carbocycles. The monoisotopic (exact) mass is 790 g/mol. The van der Waals surface area contributed by atoms with E-state index in [9.17, 15) is 59.6 Å². The minimum absolute atomic E-state index is 1.03. The molecule has 0 radical (unpaired) electrons. The zero-order valence-electron chi connectivity index (χ0n) is 21.2. The highest BCUT2D eigenvalue weighted by Gasteiger charge is 2.54. The molecule has 0 aliphatic carbocycles. The molecule has 33 heteroatoms. The zero-order valence-corrected chi connectivity index (χ0v) is 26.1. The van der Waals surface area contributed by atoms with Gasteiger partial charge in [0.2, 0.25) is 0 Å². The summed E-state index contributed by atoms with van der Waals surface area (Å²) in [4.78, 5) is 0. The molecule has 45 heavy (non-hydrogen) atoms. The predicted molar refractivity (Wildman–Crippen MR) is 129 cm³/mol. The average molecular weight is 791 g/mol. The van der Waals surface area contributed by atoms with Crippen molar-refractivity contribution in [2.24, 2.45) is 0 Å². The first-order chi connectivity index (χ1) is 20.0. The molecule has 268 valence electrons. The third-order valence-corrected chi connectivity index (χ3v) is 7.75. The molecule has 0 saturated carbocycles. The van der Waals surface area contributed by atoms with Crippen LogP contribution in [0.25, 0.3) is 0 Å². The largest absolute Gasteiger partial charge is 0.397 e. The molecule has 0 amide bonds. The Kier molecular flexibility index (Phi) is 13.2. The van der Waals surface area contributed by atoms with Crippen molar-refractivity contribution in [3.8, 4) is 0 Å². The van der Waals surface area contributed by atoms with Crippen LogP contribution in [0.3, 0.4) is 0 Å². The molecule has 2 aliphatic rings. The summed E-state index contributed by atoms with van der Waals surface area (Å²) in [6.45, 7) is -4.11. The Bertz CT molecular complexity index is 1680. The molecule has 27 nitrogen and oxygen atoms in total. The molecular formula is C12H22O27S6. The van der Waals surface area contributed by atoms with E-state index < -0.39 is 138 Å². The number of hydrogen-bond donors (Lipinski definition) is 6. The molecule has 0 aromatic heterocycles. The summed E-state index contributed by atoms with van der Waals surface area (Å²) in [5.41, 5.74) is 0. The summed E-state index contributed by atoms with van der Waals surface area (Å²) < 4.78 is 230. The van der Waals surface area contributed by atoms with E-state index >= 15 is 0 Å². The Morgan fingerprint density at radius 2 is 0.889 bits per heavy atom. The Labute approximate surface area is 254 Å². The maximum Gasteiger partial charge on any atom is 0.397 e. The minimum Gasteiger partial charge on any atom is -0.364 e. The van der Waals surface area contributed by atoms with Crippen LogP contribution in [0.2, 0.25) is 0 Å².